The molecule has 0 bridgehead atoms. The molecule has 0 aliphatic heterocycles. The highest BCUT2D eigenvalue weighted by atomic mass is 32.1. The first-order chi connectivity index (χ1) is 9.72. The Hall–Kier alpha value is -2.40. The van der Waals surface area contributed by atoms with Gasteiger partial charge in [0, 0.05) is 17.0 Å². The van der Waals surface area contributed by atoms with Crippen LogP contribution in [0, 0.1) is 6.92 Å². The number of aromatic nitrogens is 1. The van der Waals surface area contributed by atoms with Crippen molar-refractivity contribution in [1.82, 2.24) is 4.98 Å². The Morgan fingerprint density at radius 1 is 1.25 bits per heavy atom. The van der Waals surface area contributed by atoms with E-state index in [0.29, 0.717) is 10.9 Å². The topological polar surface area (TPSA) is 55.1 Å². The lowest BCUT2D eigenvalue weighted by Crippen LogP contribution is -2.10. The zero-order valence-electron chi connectivity index (χ0n) is 10.8. The standard InChI is InChI=1S/C15H12N2O2S/c1-10-4-6-11(7-5-10)12-9-20-15(16-12)14(18)17-13-3-2-8-19-13/h2-9H,1H3,(H,17,18). The Bertz CT molecular complexity index is 715. The highest BCUT2D eigenvalue weighted by Crippen LogP contribution is 2.23. The molecule has 20 heavy (non-hydrogen) atoms. The van der Waals surface area contributed by atoms with Crippen LogP contribution in [-0.2, 0) is 0 Å². The van der Waals surface area contributed by atoms with Crippen LogP contribution in [0.5, 0.6) is 0 Å². The van der Waals surface area contributed by atoms with Gasteiger partial charge in [-0.15, -0.1) is 11.3 Å². The van der Waals surface area contributed by atoms with Crippen molar-refractivity contribution in [3.8, 4) is 11.3 Å². The Morgan fingerprint density at radius 2 is 2.05 bits per heavy atom. The van der Waals surface area contributed by atoms with E-state index >= 15 is 0 Å². The third-order valence-electron chi connectivity index (χ3n) is 2.80. The number of carbonyl (C=O) groups excluding carboxylic acids is 1. The lowest BCUT2D eigenvalue weighted by molar-refractivity contribution is 0.102. The van der Waals surface area contributed by atoms with E-state index in [1.165, 1.54) is 23.2 Å². The summed E-state index contributed by atoms with van der Waals surface area (Å²) in [7, 11) is 0. The summed E-state index contributed by atoms with van der Waals surface area (Å²) in [6.07, 6.45) is 1.51. The number of aryl methyl sites for hydroxylation is 1. The first-order valence-electron chi connectivity index (χ1n) is 6.10. The zero-order valence-corrected chi connectivity index (χ0v) is 11.6. The van der Waals surface area contributed by atoms with Gasteiger partial charge < -0.3 is 4.42 Å². The van der Waals surface area contributed by atoms with Gasteiger partial charge in [-0.05, 0) is 13.0 Å². The maximum absolute atomic E-state index is 12.0. The fraction of sp³-hybridized carbons (Fsp3) is 0.0667. The first-order valence-corrected chi connectivity index (χ1v) is 6.98. The number of benzene rings is 1. The molecule has 0 unspecified atom stereocenters. The predicted molar refractivity (Wildman–Crippen MR) is 78.9 cm³/mol. The average Bonchev–Trinajstić information content (AvgIpc) is 3.10. The van der Waals surface area contributed by atoms with Crippen LogP contribution >= 0.6 is 11.3 Å². The Morgan fingerprint density at radius 3 is 2.75 bits per heavy atom. The second-order valence-corrected chi connectivity index (χ2v) is 5.19. The van der Waals surface area contributed by atoms with Gasteiger partial charge in [-0.1, -0.05) is 29.8 Å². The number of hydrogen-bond acceptors (Lipinski definition) is 4. The number of hydrogen-bond donors (Lipinski definition) is 1. The van der Waals surface area contributed by atoms with Crippen LogP contribution in [-0.4, -0.2) is 10.9 Å². The normalized spacial score (nSPS) is 10.4. The number of rotatable bonds is 3. The molecule has 0 aliphatic rings. The minimum Gasteiger partial charge on any atom is -0.449 e. The van der Waals surface area contributed by atoms with Crippen molar-refractivity contribution < 1.29 is 9.21 Å². The summed E-state index contributed by atoms with van der Waals surface area (Å²) < 4.78 is 5.08. The van der Waals surface area contributed by atoms with E-state index in [1.54, 1.807) is 12.1 Å². The molecule has 3 rings (SSSR count). The van der Waals surface area contributed by atoms with Crippen LogP contribution in [0.1, 0.15) is 15.4 Å². The summed E-state index contributed by atoms with van der Waals surface area (Å²) in [4.78, 5) is 16.3. The van der Waals surface area contributed by atoms with Gasteiger partial charge in [0.2, 0.25) is 0 Å². The molecule has 5 heteroatoms. The van der Waals surface area contributed by atoms with Gasteiger partial charge in [0.25, 0.3) is 5.91 Å². The summed E-state index contributed by atoms with van der Waals surface area (Å²) in [5.74, 6) is 0.158. The molecule has 2 heterocycles. The van der Waals surface area contributed by atoms with E-state index in [-0.39, 0.29) is 5.91 Å². The molecule has 0 radical (unpaired) electrons. The SMILES string of the molecule is Cc1ccc(-c2csc(C(=O)Nc3ccco3)n2)cc1. The van der Waals surface area contributed by atoms with E-state index < -0.39 is 0 Å². The van der Waals surface area contributed by atoms with Crippen molar-refractivity contribution >= 4 is 23.1 Å². The molecule has 1 amide bonds. The van der Waals surface area contributed by atoms with E-state index in [1.807, 2.05) is 36.6 Å². The van der Waals surface area contributed by atoms with Gasteiger partial charge in [0.1, 0.15) is 0 Å². The number of nitrogens with zero attached hydrogens (tertiary/aromatic N) is 1. The van der Waals surface area contributed by atoms with Crippen molar-refractivity contribution in [2.75, 3.05) is 5.32 Å². The Kier molecular flexibility index (Phi) is 3.35. The summed E-state index contributed by atoms with van der Waals surface area (Å²) in [5.41, 5.74) is 3.00. The lowest BCUT2D eigenvalue weighted by atomic mass is 10.1. The molecular formula is C15H12N2O2S. The fourth-order valence-corrected chi connectivity index (χ4v) is 2.47. The molecule has 1 aromatic carbocycles. The van der Waals surface area contributed by atoms with Crippen LogP contribution in [0.2, 0.25) is 0 Å². The van der Waals surface area contributed by atoms with Gasteiger partial charge in [0.15, 0.2) is 10.9 Å². The summed E-state index contributed by atoms with van der Waals surface area (Å²) >= 11 is 1.31. The van der Waals surface area contributed by atoms with Gasteiger partial charge in [-0.3, -0.25) is 10.1 Å². The summed E-state index contributed by atoms with van der Waals surface area (Å²) in [6, 6.07) is 11.5. The van der Waals surface area contributed by atoms with Gasteiger partial charge in [0.05, 0.1) is 12.0 Å². The zero-order chi connectivity index (χ0) is 13.9. The van der Waals surface area contributed by atoms with E-state index in [2.05, 4.69) is 10.3 Å². The molecule has 0 spiro atoms. The second kappa shape index (κ2) is 5.30. The quantitative estimate of drug-likeness (QED) is 0.792. The number of amides is 1. The molecule has 0 saturated carbocycles. The summed E-state index contributed by atoms with van der Waals surface area (Å²) in [6.45, 7) is 2.03. The smallest absolute Gasteiger partial charge is 0.286 e. The van der Waals surface area contributed by atoms with Gasteiger partial charge in [-0.25, -0.2) is 4.98 Å². The molecule has 0 atom stereocenters. The predicted octanol–water partition coefficient (Wildman–Crippen LogP) is 3.96. The summed E-state index contributed by atoms with van der Waals surface area (Å²) in [5, 5.41) is 4.94. The van der Waals surface area contributed by atoms with Crippen LogP contribution in [0.4, 0.5) is 5.88 Å². The molecule has 0 fully saturated rings. The molecular weight excluding hydrogens is 272 g/mol. The maximum atomic E-state index is 12.0. The third-order valence-corrected chi connectivity index (χ3v) is 3.64. The van der Waals surface area contributed by atoms with Crippen molar-refractivity contribution in [2.45, 2.75) is 6.92 Å². The van der Waals surface area contributed by atoms with E-state index in [4.69, 9.17) is 4.42 Å². The number of thiazole rings is 1. The van der Waals surface area contributed by atoms with Crippen LogP contribution in [0.15, 0.2) is 52.5 Å². The first kappa shape index (κ1) is 12.6. The molecule has 4 nitrogen and oxygen atoms in total. The maximum Gasteiger partial charge on any atom is 0.286 e. The monoisotopic (exact) mass is 284 g/mol. The molecule has 2 aromatic heterocycles. The number of anilines is 1. The van der Waals surface area contributed by atoms with Crippen LogP contribution in [0.3, 0.4) is 0 Å². The molecule has 0 aliphatic carbocycles. The van der Waals surface area contributed by atoms with E-state index in [0.717, 1.165) is 11.3 Å². The Balaban J connectivity index is 1.79. The largest absolute Gasteiger partial charge is 0.449 e. The van der Waals surface area contributed by atoms with Gasteiger partial charge in [-0.2, -0.15) is 0 Å². The van der Waals surface area contributed by atoms with Crippen LogP contribution < -0.4 is 5.32 Å². The number of furan rings is 1. The van der Waals surface area contributed by atoms with Gasteiger partial charge >= 0.3 is 0 Å². The highest BCUT2D eigenvalue weighted by Gasteiger charge is 2.13. The van der Waals surface area contributed by atoms with Crippen molar-refractivity contribution in [3.05, 3.63) is 58.6 Å². The Labute approximate surface area is 120 Å². The molecule has 0 saturated heterocycles. The van der Waals surface area contributed by atoms with Crippen molar-refractivity contribution in [3.63, 3.8) is 0 Å². The van der Waals surface area contributed by atoms with E-state index in [9.17, 15) is 4.79 Å². The number of nitrogens with one attached hydrogen (secondary N) is 1. The van der Waals surface area contributed by atoms with Crippen molar-refractivity contribution in [1.29, 1.82) is 0 Å². The minimum absolute atomic E-state index is 0.261. The minimum atomic E-state index is -0.261. The van der Waals surface area contributed by atoms with Crippen molar-refractivity contribution in [2.24, 2.45) is 0 Å². The average molecular weight is 284 g/mol. The highest BCUT2D eigenvalue weighted by molar-refractivity contribution is 7.12. The number of carbonyl (C=O) groups is 1. The molecule has 100 valence electrons. The third kappa shape index (κ3) is 2.62. The molecule has 1 N–H and O–H groups in total. The second-order valence-electron chi connectivity index (χ2n) is 4.34. The molecule has 3 aromatic rings. The van der Waals surface area contributed by atoms with Crippen LogP contribution in [0.25, 0.3) is 11.3 Å². The fourth-order valence-electron chi connectivity index (χ4n) is 1.75. The lowest BCUT2D eigenvalue weighted by Gasteiger charge is -1.98.